The van der Waals surface area contributed by atoms with E-state index in [4.69, 9.17) is 14.2 Å². The number of ether oxygens (including phenoxy) is 3. The summed E-state index contributed by atoms with van der Waals surface area (Å²) in [4.78, 5) is 11.5. The molecule has 0 saturated carbocycles. The van der Waals surface area contributed by atoms with Crippen molar-refractivity contribution >= 4 is 12.2 Å². The lowest BCUT2D eigenvalue weighted by atomic mass is 10.2. The molecule has 21 heavy (non-hydrogen) atoms. The summed E-state index contributed by atoms with van der Waals surface area (Å²) in [6.45, 7) is 5.86. The number of amides is 1. The van der Waals surface area contributed by atoms with Gasteiger partial charge in [0, 0.05) is 12.6 Å². The third-order valence-corrected chi connectivity index (χ3v) is 2.45. The smallest absolute Gasteiger partial charge is 0.407 e. The topological polar surface area (TPSA) is 56.8 Å². The minimum absolute atomic E-state index is 0.383. The number of alkyl carbamates (subject to hydrolysis) is 1. The molecule has 0 aromatic heterocycles. The van der Waals surface area contributed by atoms with Crippen molar-refractivity contribution in [3.63, 3.8) is 0 Å². The lowest BCUT2D eigenvalue weighted by molar-refractivity contribution is 0.0534. The Labute approximate surface area is 125 Å². The molecule has 0 spiro atoms. The van der Waals surface area contributed by atoms with Crippen LogP contribution in [0.4, 0.5) is 4.79 Å². The molecule has 1 aromatic rings. The molecule has 5 nitrogen and oxygen atoms in total. The van der Waals surface area contributed by atoms with Gasteiger partial charge in [0.1, 0.15) is 17.1 Å². The molecule has 1 rings (SSSR count). The Bertz CT molecular complexity index is 481. The van der Waals surface area contributed by atoms with Crippen molar-refractivity contribution in [1.82, 2.24) is 5.32 Å². The van der Waals surface area contributed by atoms with E-state index in [1.165, 1.54) is 0 Å². The molecule has 5 heteroatoms. The Morgan fingerprint density at radius 1 is 1.14 bits per heavy atom. The van der Waals surface area contributed by atoms with Crippen LogP contribution in [0.3, 0.4) is 0 Å². The van der Waals surface area contributed by atoms with Crippen LogP contribution in [0.25, 0.3) is 6.08 Å². The number of methoxy groups -OCH3 is 2. The molecule has 116 valence electrons. The van der Waals surface area contributed by atoms with Crippen LogP contribution >= 0.6 is 0 Å². The summed E-state index contributed by atoms with van der Waals surface area (Å²) in [6.07, 6.45) is 3.27. The summed E-state index contributed by atoms with van der Waals surface area (Å²) in [5.74, 6) is 1.43. The zero-order valence-electron chi connectivity index (χ0n) is 13.2. The maximum Gasteiger partial charge on any atom is 0.407 e. The minimum Gasteiger partial charge on any atom is -0.497 e. The molecular weight excluding hydrogens is 270 g/mol. The van der Waals surface area contributed by atoms with Gasteiger partial charge in [-0.2, -0.15) is 0 Å². The molecule has 0 aliphatic heterocycles. The van der Waals surface area contributed by atoms with E-state index in [1.54, 1.807) is 20.3 Å². The third-order valence-electron chi connectivity index (χ3n) is 2.45. The second-order valence-electron chi connectivity index (χ2n) is 5.43. The second kappa shape index (κ2) is 7.57. The zero-order valence-corrected chi connectivity index (χ0v) is 13.2. The molecular formula is C16H23NO4. The van der Waals surface area contributed by atoms with E-state index in [2.05, 4.69) is 5.32 Å². The summed E-state index contributed by atoms with van der Waals surface area (Å²) >= 11 is 0. The van der Waals surface area contributed by atoms with Crippen LogP contribution in [-0.2, 0) is 4.74 Å². The lowest BCUT2D eigenvalue weighted by Gasteiger charge is -2.19. The number of carbonyl (C=O) groups is 1. The molecule has 0 aliphatic rings. The normalized spacial score (nSPS) is 11.3. The lowest BCUT2D eigenvalue weighted by Crippen LogP contribution is -2.32. The van der Waals surface area contributed by atoms with Gasteiger partial charge >= 0.3 is 6.09 Å². The van der Waals surface area contributed by atoms with Crippen molar-refractivity contribution in [3.05, 3.63) is 29.8 Å². The van der Waals surface area contributed by atoms with E-state index >= 15 is 0 Å². The predicted molar refractivity (Wildman–Crippen MR) is 82.8 cm³/mol. The Kier molecular flexibility index (Phi) is 6.09. The first-order chi connectivity index (χ1) is 9.84. The highest BCUT2D eigenvalue weighted by molar-refractivity contribution is 5.68. The van der Waals surface area contributed by atoms with Crippen LogP contribution < -0.4 is 14.8 Å². The van der Waals surface area contributed by atoms with E-state index in [9.17, 15) is 4.79 Å². The van der Waals surface area contributed by atoms with Crippen LogP contribution in [0.1, 0.15) is 26.3 Å². The highest BCUT2D eigenvalue weighted by Gasteiger charge is 2.14. The standard InChI is InChI=1S/C16H23NO4/c1-16(2,3)21-15(18)17-8-6-7-12-9-13(19-4)11-14(10-12)20-5/h6-7,9-11H,8H2,1-5H3,(H,17,18). The summed E-state index contributed by atoms with van der Waals surface area (Å²) in [6, 6.07) is 5.56. The number of carbonyl (C=O) groups excluding carboxylic acids is 1. The van der Waals surface area contributed by atoms with Crippen molar-refractivity contribution in [2.45, 2.75) is 26.4 Å². The fourth-order valence-corrected chi connectivity index (χ4v) is 1.58. The monoisotopic (exact) mass is 293 g/mol. The molecule has 0 aliphatic carbocycles. The molecule has 1 aromatic carbocycles. The Hall–Kier alpha value is -2.17. The van der Waals surface area contributed by atoms with Crippen LogP contribution in [0.5, 0.6) is 11.5 Å². The van der Waals surface area contributed by atoms with Gasteiger partial charge in [0.15, 0.2) is 0 Å². The maximum absolute atomic E-state index is 11.5. The summed E-state index contributed by atoms with van der Waals surface area (Å²) in [5.41, 5.74) is 0.436. The van der Waals surface area contributed by atoms with Gasteiger partial charge in [-0.25, -0.2) is 4.79 Å². The highest BCUT2D eigenvalue weighted by atomic mass is 16.6. The SMILES string of the molecule is COc1cc(C=CCNC(=O)OC(C)(C)C)cc(OC)c1. The third kappa shape index (κ3) is 6.70. The van der Waals surface area contributed by atoms with Crippen molar-refractivity contribution in [2.24, 2.45) is 0 Å². The van der Waals surface area contributed by atoms with Gasteiger partial charge in [-0.1, -0.05) is 12.2 Å². The van der Waals surface area contributed by atoms with Gasteiger partial charge in [-0.3, -0.25) is 0 Å². The van der Waals surface area contributed by atoms with Crippen molar-refractivity contribution in [1.29, 1.82) is 0 Å². The number of hydrogen-bond donors (Lipinski definition) is 1. The maximum atomic E-state index is 11.5. The highest BCUT2D eigenvalue weighted by Crippen LogP contribution is 2.23. The average molecular weight is 293 g/mol. The first-order valence-electron chi connectivity index (χ1n) is 6.70. The van der Waals surface area contributed by atoms with Gasteiger partial charge in [0.2, 0.25) is 0 Å². The molecule has 1 amide bonds. The Morgan fingerprint density at radius 2 is 1.71 bits per heavy atom. The van der Waals surface area contributed by atoms with E-state index in [1.807, 2.05) is 45.1 Å². The quantitative estimate of drug-likeness (QED) is 0.905. The fourth-order valence-electron chi connectivity index (χ4n) is 1.58. The number of hydrogen-bond acceptors (Lipinski definition) is 4. The predicted octanol–water partition coefficient (Wildman–Crippen LogP) is 3.24. The summed E-state index contributed by atoms with van der Waals surface area (Å²) in [7, 11) is 3.21. The minimum atomic E-state index is -0.492. The molecule has 0 heterocycles. The van der Waals surface area contributed by atoms with Gasteiger partial charge in [-0.05, 0) is 38.5 Å². The first kappa shape index (κ1) is 16.9. The molecule has 0 bridgehead atoms. The van der Waals surface area contributed by atoms with Gasteiger partial charge < -0.3 is 19.5 Å². The fraction of sp³-hybridized carbons (Fsp3) is 0.438. The number of rotatable bonds is 5. The molecule has 0 atom stereocenters. The van der Waals surface area contributed by atoms with Crippen LogP contribution in [-0.4, -0.2) is 32.5 Å². The van der Waals surface area contributed by atoms with Crippen LogP contribution in [0.2, 0.25) is 0 Å². The summed E-state index contributed by atoms with van der Waals surface area (Å²) in [5, 5.41) is 2.66. The van der Waals surface area contributed by atoms with E-state index in [-0.39, 0.29) is 0 Å². The second-order valence-corrected chi connectivity index (χ2v) is 5.43. The van der Waals surface area contributed by atoms with Crippen molar-refractivity contribution in [3.8, 4) is 11.5 Å². The molecule has 1 N–H and O–H groups in total. The van der Waals surface area contributed by atoms with Crippen LogP contribution in [0, 0.1) is 0 Å². The zero-order chi connectivity index (χ0) is 15.9. The van der Waals surface area contributed by atoms with Crippen molar-refractivity contribution < 1.29 is 19.0 Å². The first-order valence-corrected chi connectivity index (χ1v) is 6.70. The van der Waals surface area contributed by atoms with E-state index in [0.717, 1.165) is 5.56 Å². The van der Waals surface area contributed by atoms with Gasteiger partial charge in [-0.15, -0.1) is 0 Å². The molecule has 0 saturated heterocycles. The van der Waals surface area contributed by atoms with Gasteiger partial charge in [0.25, 0.3) is 0 Å². The largest absolute Gasteiger partial charge is 0.497 e. The Morgan fingerprint density at radius 3 is 2.19 bits per heavy atom. The average Bonchev–Trinajstić information content (AvgIpc) is 2.41. The molecule has 0 radical (unpaired) electrons. The van der Waals surface area contributed by atoms with E-state index in [0.29, 0.717) is 18.0 Å². The Balaban J connectivity index is 2.55. The molecule has 0 fully saturated rings. The molecule has 0 unspecified atom stereocenters. The number of nitrogens with one attached hydrogen (secondary N) is 1. The van der Waals surface area contributed by atoms with Crippen molar-refractivity contribution in [2.75, 3.05) is 20.8 Å². The summed E-state index contributed by atoms with van der Waals surface area (Å²) < 4.78 is 15.5. The van der Waals surface area contributed by atoms with Crippen LogP contribution in [0.15, 0.2) is 24.3 Å². The van der Waals surface area contributed by atoms with Gasteiger partial charge in [0.05, 0.1) is 14.2 Å². The number of benzene rings is 1. The van der Waals surface area contributed by atoms with E-state index < -0.39 is 11.7 Å².